The number of benzene rings is 3. The maximum absolute atomic E-state index is 12.8. The summed E-state index contributed by atoms with van der Waals surface area (Å²) in [6.45, 7) is 6.54. The highest BCUT2D eigenvalue weighted by atomic mass is 16.5. The Bertz CT molecular complexity index is 1090. The molecule has 1 saturated heterocycles. The zero-order valence-electron chi connectivity index (χ0n) is 19.6. The van der Waals surface area contributed by atoms with Crippen molar-refractivity contribution in [1.29, 1.82) is 0 Å². The number of amides is 1. The number of esters is 1. The average Bonchev–Trinajstić information content (AvgIpc) is 2.86. The van der Waals surface area contributed by atoms with E-state index in [1.807, 2.05) is 42.5 Å². The van der Waals surface area contributed by atoms with Gasteiger partial charge in [-0.1, -0.05) is 60.7 Å². The molecule has 0 bridgehead atoms. The summed E-state index contributed by atoms with van der Waals surface area (Å²) in [6, 6.07) is 25.5. The quantitative estimate of drug-likeness (QED) is 0.509. The highest BCUT2D eigenvalue weighted by Gasteiger charge is 2.21. The van der Waals surface area contributed by atoms with Crippen LogP contribution in [0.25, 0.3) is 0 Å². The Hall–Kier alpha value is -3.64. The van der Waals surface area contributed by atoms with E-state index in [-0.39, 0.29) is 18.3 Å². The lowest BCUT2D eigenvalue weighted by atomic mass is 10.1. The van der Waals surface area contributed by atoms with E-state index in [0.717, 1.165) is 44.0 Å². The standard InChI is InChI=1S/C28H31N3O3/c1-2-34-28(33)24-13-14-26(25(20-24)29-27(32)19-22-9-5-3-6-10-22)31-17-15-30(16-18-31)21-23-11-7-4-8-12-23/h3-14,20H,2,15-19,21H2,1H3,(H,29,32). The molecule has 3 aromatic carbocycles. The summed E-state index contributed by atoms with van der Waals surface area (Å²) in [5.41, 5.74) is 4.25. The van der Waals surface area contributed by atoms with Gasteiger partial charge in [0.05, 0.1) is 30.0 Å². The first-order valence-electron chi connectivity index (χ1n) is 11.8. The van der Waals surface area contributed by atoms with Crippen molar-refractivity contribution in [2.24, 2.45) is 0 Å². The number of anilines is 2. The number of piperazine rings is 1. The van der Waals surface area contributed by atoms with Gasteiger partial charge in [-0.05, 0) is 36.2 Å². The SMILES string of the molecule is CCOC(=O)c1ccc(N2CCN(Cc3ccccc3)CC2)c(NC(=O)Cc2ccccc2)c1. The first-order valence-corrected chi connectivity index (χ1v) is 11.8. The largest absolute Gasteiger partial charge is 0.462 e. The monoisotopic (exact) mass is 457 g/mol. The normalized spacial score (nSPS) is 14.0. The summed E-state index contributed by atoms with van der Waals surface area (Å²) in [5, 5.41) is 3.04. The van der Waals surface area contributed by atoms with Gasteiger partial charge in [-0.3, -0.25) is 9.69 Å². The third-order valence-corrected chi connectivity index (χ3v) is 5.95. The Balaban J connectivity index is 1.48. The Morgan fingerprint density at radius 1 is 0.853 bits per heavy atom. The van der Waals surface area contributed by atoms with Gasteiger partial charge < -0.3 is 15.0 Å². The number of rotatable bonds is 8. The van der Waals surface area contributed by atoms with E-state index in [1.165, 1.54) is 5.56 Å². The Kier molecular flexibility index (Phi) is 7.94. The lowest BCUT2D eigenvalue weighted by molar-refractivity contribution is -0.115. The zero-order chi connectivity index (χ0) is 23.8. The first-order chi connectivity index (χ1) is 16.6. The summed E-state index contributed by atoms with van der Waals surface area (Å²) >= 11 is 0. The fraction of sp³-hybridized carbons (Fsp3) is 0.286. The van der Waals surface area contributed by atoms with Crippen molar-refractivity contribution in [3.05, 3.63) is 95.6 Å². The van der Waals surface area contributed by atoms with E-state index in [9.17, 15) is 9.59 Å². The number of hydrogen-bond donors (Lipinski definition) is 1. The van der Waals surface area contributed by atoms with Crippen molar-refractivity contribution >= 4 is 23.3 Å². The lowest BCUT2D eigenvalue weighted by Gasteiger charge is -2.37. The van der Waals surface area contributed by atoms with E-state index >= 15 is 0 Å². The molecule has 0 aliphatic carbocycles. The Morgan fingerprint density at radius 2 is 1.50 bits per heavy atom. The molecule has 1 aliphatic rings. The molecule has 1 N–H and O–H groups in total. The van der Waals surface area contributed by atoms with Gasteiger partial charge in [0.15, 0.2) is 0 Å². The number of carbonyl (C=O) groups excluding carboxylic acids is 2. The van der Waals surface area contributed by atoms with Gasteiger partial charge in [0.25, 0.3) is 0 Å². The minimum atomic E-state index is -0.389. The minimum Gasteiger partial charge on any atom is -0.462 e. The second-order valence-corrected chi connectivity index (χ2v) is 8.41. The zero-order valence-corrected chi connectivity index (χ0v) is 19.6. The molecular formula is C28H31N3O3. The van der Waals surface area contributed by atoms with E-state index in [1.54, 1.807) is 19.1 Å². The predicted octanol–water partition coefficient (Wildman–Crippen LogP) is 4.37. The van der Waals surface area contributed by atoms with Crippen LogP contribution >= 0.6 is 0 Å². The van der Waals surface area contributed by atoms with Crippen LogP contribution in [0.5, 0.6) is 0 Å². The van der Waals surface area contributed by atoms with Crippen molar-refractivity contribution in [2.75, 3.05) is 43.0 Å². The number of carbonyl (C=O) groups is 2. The highest BCUT2D eigenvalue weighted by molar-refractivity contribution is 5.98. The third kappa shape index (κ3) is 6.23. The van der Waals surface area contributed by atoms with Crippen molar-refractivity contribution in [2.45, 2.75) is 19.9 Å². The minimum absolute atomic E-state index is 0.115. The van der Waals surface area contributed by atoms with Crippen LogP contribution in [0.15, 0.2) is 78.9 Å². The molecule has 1 amide bonds. The van der Waals surface area contributed by atoms with Gasteiger partial charge in [0.1, 0.15) is 0 Å². The molecule has 0 radical (unpaired) electrons. The maximum atomic E-state index is 12.8. The van der Waals surface area contributed by atoms with Crippen molar-refractivity contribution in [1.82, 2.24) is 4.90 Å². The second kappa shape index (κ2) is 11.5. The van der Waals surface area contributed by atoms with Gasteiger partial charge in [-0.15, -0.1) is 0 Å². The van der Waals surface area contributed by atoms with Crippen LogP contribution in [-0.2, 0) is 22.5 Å². The number of ether oxygens (including phenoxy) is 1. The van der Waals surface area contributed by atoms with E-state index < -0.39 is 0 Å². The predicted molar refractivity (Wildman–Crippen MR) is 135 cm³/mol. The number of nitrogens with one attached hydrogen (secondary N) is 1. The Labute approximate surface area is 201 Å². The van der Waals surface area contributed by atoms with E-state index in [4.69, 9.17) is 4.74 Å². The van der Waals surface area contributed by atoms with Crippen molar-refractivity contribution in [3.8, 4) is 0 Å². The molecule has 6 heteroatoms. The molecule has 0 spiro atoms. The van der Waals surface area contributed by atoms with Crippen LogP contribution < -0.4 is 10.2 Å². The molecule has 0 atom stereocenters. The summed E-state index contributed by atoms with van der Waals surface area (Å²) in [7, 11) is 0. The van der Waals surface area contributed by atoms with E-state index in [2.05, 4.69) is 39.4 Å². The van der Waals surface area contributed by atoms with Crippen LogP contribution in [-0.4, -0.2) is 49.6 Å². The van der Waals surface area contributed by atoms with Crippen LogP contribution in [0.1, 0.15) is 28.4 Å². The number of nitrogens with zero attached hydrogens (tertiary/aromatic N) is 2. The third-order valence-electron chi connectivity index (χ3n) is 5.95. The highest BCUT2D eigenvalue weighted by Crippen LogP contribution is 2.29. The molecule has 0 aromatic heterocycles. The summed E-state index contributed by atoms with van der Waals surface area (Å²) in [5.74, 6) is -0.503. The Morgan fingerprint density at radius 3 is 2.15 bits per heavy atom. The topological polar surface area (TPSA) is 61.9 Å². The molecule has 4 rings (SSSR count). The van der Waals surface area contributed by atoms with Crippen LogP contribution in [0, 0.1) is 0 Å². The van der Waals surface area contributed by atoms with Gasteiger partial charge in [0, 0.05) is 32.7 Å². The van der Waals surface area contributed by atoms with Crippen LogP contribution in [0.4, 0.5) is 11.4 Å². The van der Waals surface area contributed by atoms with E-state index in [0.29, 0.717) is 17.9 Å². The number of hydrogen-bond acceptors (Lipinski definition) is 5. The summed E-state index contributed by atoms with van der Waals surface area (Å²) < 4.78 is 5.17. The van der Waals surface area contributed by atoms with Crippen LogP contribution in [0.2, 0.25) is 0 Å². The smallest absolute Gasteiger partial charge is 0.338 e. The van der Waals surface area contributed by atoms with Gasteiger partial charge in [-0.25, -0.2) is 4.79 Å². The fourth-order valence-corrected chi connectivity index (χ4v) is 4.22. The summed E-state index contributed by atoms with van der Waals surface area (Å²) in [4.78, 5) is 29.9. The molecule has 1 fully saturated rings. The van der Waals surface area contributed by atoms with Crippen LogP contribution in [0.3, 0.4) is 0 Å². The molecule has 0 saturated carbocycles. The molecule has 176 valence electrons. The molecule has 6 nitrogen and oxygen atoms in total. The molecule has 1 aliphatic heterocycles. The van der Waals surface area contributed by atoms with Crippen molar-refractivity contribution in [3.63, 3.8) is 0 Å². The van der Waals surface area contributed by atoms with Gasteiger partial charge in [-0.2, -0.15) is 0 Å². The molecule has 1 heterocycles. The fourth-order valence-electron chi connectivity index (χ4n) is 4.22. The lowest BCUT2D eigenvalue weighted by Crippen LogP contribution is -2.46. The van der Waals surface area contributed by atoms with Crippen molar-refractivity contribution < 1.29 is 14.3 Å². The maximum Gasteiger partial charge on any atom is 0.338 e. The average molecular weight is 458 g/mol. The first kappa shape index (κ1) is 23.5. The molecular weight excluding hydrogens is 426 g/mol. The second-order valence-electron chi connectivity index (χ2n) is 8.41. The molecule has 34 heavy (non-hydrogen) atoms. The molecule has 3 aromatic rings. The van der Waals surface area contributed by atoms with Gasteiger partial charge in [0.2, 0.25) is 5.91 Å². The summed E-state index contributed by atoms with van der Waals surface area (Å²) in [6.07, 6.45) is 0.273. The molecule has 0 unspecified atom stereocenters. The van der Waals surface area contributed by atoms with Gasteiger partial charge >= 0.3 is 5.97 Å².